The highest BCUT2D eigenvalue weighted by atomic mass is 19.1. The summed E-state index contributed by atoms with van der Waals surface area (Å²) in [4.78, 5) is 28.1. The third-order valence-corrected chi connectivity index (χ3v) is 5.07. The number of amides is 2. The first-order chi connectivity index (χ1) is 14.9. The van der Waals surface area contributed by atoms with Crippen LogP contribution in [0.15, 0.2) is 30.3 Å². The fourth-order valence-corrected chi connectivity index (χ4v) is 3.39. The summed E-state index contributed by atoms with van der Waals surface area (Å²) in [6.07, 6.45) is -0.390. The Labute approximate surface area is 187 Å². The number of anilines is 2. The molecule has 1 aliphatic rings. The molecule has 2 aromatic carbocycles. The Morgan fingerprint density at radius 2 is 1.69 bits per heavy atom. The average Bonchev–Trinajstić information content (AvgIpc) is 2.70. The van der Waals surface area contributed by atoms with Gasteiger partial charge < -0.3 is 19.9 Å². The van der Waals surface area contributed by atoms with Crippen LogP contribution in [0.4, 0.5) is 25.0 Å². The Balaban J connectivity index is 1.65. The van der Waals surface area contributed by atoms with Gasteiger partial charge in [-0.15, -0.1) is 0 Å². The van der Waals surface area contributed by atoms with Gasteiger partial charge in [-0.3, -0.25) is 4.79 Å². The fraction of sp³-hybridized carbons (Fsp3) is 0.391. The molecule has 0 atom stereocenters. The molecule has 0 saturated carbocycles. The zero-order valence-electron chi connectivity index (χ0n) is 18.7. The number of piperazine rings is 1. The van der Waals surface area contributed by atoms with Gasteiger partial charge in [0.05, 0.1) is 5.69 Å². The molecule has 9 heteroatoms. The van der Waals surface area contributed by atoms with E-state index in [1.165, 1.54) is 18.2 Å². The van der Waals surface area contributed by atoms with E-state index in [1.54, 1.807) is 32.6 Å². The number of nitrogens with one attached hydrogen (secondary N) is 1. The predicted octanol–water partition coefficient (Wildman–Crippen LogP) is 3.38. The van der Waals surface area contributed by atoms with Crippen molar-refractivity contribution in [2.24, 2.45) is 0 Å². The van der Waals surface area contributed by atoms with Crippen molar-refractivity contribution in [2.45, 2.75) is 33.3 Å². The Morgan fingerprint density at radius 3 is 2.28 bits per heavy atom. The summed E-state index contributed by atoms with van der Waals surface area (Å²) in [6.45, 7) is 8.78. The largest absolute Gasteiger partial charge is 0.444 e. The smallest absolute Gasteiger partial charge is 0.410 e. The van der Waals surface area contributed by atoms with Crippen molar-refractivity contribution in [2.75, 3.05) is 36.4 Å². The Hall–Kier alpha value is -3.10. The summed E-state index contributed by atoms with van der Waals surface area (Å²) in [6, 6.07) is 6.75. The van der Waals surface area contributed by atoms with Gasteiger partial charge in [-0.25, -0.2) is 13.6 Å². The molecular formula is C23H26BF2N3O3. The van der Waals surface area contributed by atoms with Crippen LogP contribution in [0.25, 0.3) is 0 Å². The lowest BCUT2D eigenvalue weighted by molar-refractivity contribution is 0.0240. The predicted molar refractivity (Wildman–Crippen MR) is 121 cm³/mol. The molecule has 0 aromatic heterocycles. The Bertz CT molecular complexity index is 1030. The quantitative estimate of drug-likeness (QED) is 0.743. The van der Waals surface area contributed by atoms with Crippen LogP contribution >= 0.6 is 0 Å². The highest BCUT2D eigenvalue weighted by molar-refractivity contribution is 6.32. The monoisotopic (exact) mass is 441 g/mol. The normalized spacial score (nSPS) is 14.3. The summed E-state index contributed by atoms with van der Waals surface area (Å²) in [5.74, 6) is -1.75. The molecule has 1 N–H and O–H groups in total. The molecular weight excluding hydrogens is 415 g/mol. The molecule has 0 unspecified atom stereocenters. The highest BCUT2D eigenvalue weighted by Gasteiger charge is 2.27. The van der Waals surface area contributed by atoms with E-state index in [0.717, 1.165) is 12.1 Å². The van der Waals surface area contributed by atoms with Crippen LogP contribution in [0, 0.1) is 18.6 Å². The molecule has 0 spiro atoms. The van der Waals surface area contributed by atoms with E-state index in [4.69, 9.17) is 12.6 Å². The average molecular weight is 441 g/mol. The minimum atomic E-state index is -0.641. The Kier molecular flexibility index (Phi) is 6.76. The van der Waals surface area contributed by atoms with Gasteiger partial charge in [0.2, 0.25) is 0 Å². The summed E-state index contributed by atoms with van der Waals surface area (Å²) in [5.41, 5.74) is 0.729. The highest BCUT2D eigenvalue weighted by Crippen LogP contribution is 2.24. The van der Waals surface area contributed by atoms with Crippen LogP contribution < -0.4 is 15.7 Å². The number of halogens is 2. The number of hydrogen-bond donors (Lipinski definition) is 1. The van der Waals surface area contributed by atoms with Crippen LogP contribution in [0.5, 0.6) is 0 Å². The lowest BCUT2D eigenvalue weighted by Gasteiger charge is -2.36. The number of nitrogens with zero attached hydrogens (tertiary/aromatic N) is 2. The second-order valence-electron chi connectivity index (χ2n) is 8.76. The number of benzene rings is 2. The summed E-state index contributed by atoms with van der Waals surface area (Å²) >= 11 is 0. The van der Waals surface area contributed by atoms with Gasteiger partial charge in [-0.05, 0) is 57.5 Å². The molecule has 0 bridgehead atoms. The van der Waals surface area contributed by atoms with E-state index in [-0.39, 0.29) is 22.8 Å². The summed E-state index contributed by atoms with van der Waals surface area (Å²) < 4.78 is 33.9. The minimum Gasteiger partial charge on any atom is -0.444 e. The molecule has 0 aliphatic carbocycles. The standard InChI is InChI=1S/C23H26BF2N3O3/c1-14-11-16(24)17(25)13-19(14)27-21(30)15-5-6-20(18(26)12-15)28-7-9-29(10-8-28)22(31)32-23(2,3)4/h5-6,11-13H,7-10H2,1-4H3,(H,27,30). The van der Waals surface area contributed by atoms with Crippen molar-refractivity contribution in [1.82, 2.24) is 4.90 Å². The van der Waals surface area contributed by atoms with Gasteiger partial charge in [0.15, 0.2) is 0 Å². The molecule has 2 aromatic rings. The maximum absolute atomic E-state index is 14.8. The molecule has 1 fully saturated rings. The van der Waals surface area contributed by atoms with Crippen LogP contribution in [0.3, 0.4) is 0 Å². The van der Waals surface area contributed by atoms with Gasteiger partial charge in [0, 0.05) is 37.4 Å². The van der Waals surface area contributed by atoms with E-state index in [9.17, 15) is 18.4 Å². The molecule has 2 radical (unpaired) electrons. The van der Waals surface area contributed by atoms with Crippen molar-refractivity contribution in [1.29, 1.82) is 0 Å². The van der Waals surface area contributed by atoms with Gasteiger partial charge in [-0.2, -0.15) is 0 Å². The molecule has 2 amide bonds. The van der Waals surface area contributed by atoms with Crippen molar-refractivity contribution in [3.05, 3.63) is 53.1 Å². The van der Waals surface area contributed by atoms with Crippen molar-refractivity contribution in [3.63, 3.8) is 0 Å². The zero-order valence-corrected chi connectivity index (χ0v) is 18.7. The SMILES string of the molecule is [B]c1cc(C)c(NC(=O)c2ccc(N3CCN(C(=O)OC(C)(C)C)CC3)c(F)c2)cc1F. The fourth-order valence-electron chi connectivity index (χ4n) is 3.39. The topological polar surface area (TPSA) is 61.9 Å². The lowest BCUT2D eigenvalue weighted by atomic mass is 9.93. The number of rotatable bonds is 3. The first kappa shape index (κ1) is 23.6. The molecule has 32 heavy (non-hydrogen) atoms. The van der Waals surface area contributed by atoms with Gasteiger partial charge in [0.25, 0.3) is 5.91 Å². The van der Waals surface area contributed by atoms with E-state index < -0.39 is 23.1 Å². The third kappa shape index (κ3) is 5.58. The van der Waals surface area contributed by atoms with Crippen molar-refractivity contribution >= 4 is 36.7 Å². The first-order valence-corrected chi connectivity index (χ1v) is 10.3. The van der Waals surface area contributed by atoms with E-state index >= 15 is 0 Å². The van der Waals surface area contributed by atoms with E-state index in [1.807, 2.05) is 4.90 Å². The molecule has 168 valence electrons. The Morgan fingerprint density at radius 1 is 1.03 bits per heavy atom. The molecule has 1 saturated heterocycles. The second-order valence-corrected chi connectivity index (χ2v) is 8.76. The van der Waals surface area contributed by atoms with Gasteiger partial charge >= 0.3 is 6.09 Å². The number of carbonyl (C=O) groups is 2. The molecule has 6 nitrogen and oxygen atoms in total. The second kappa shape index (κ2) is 9.18. The van der Waals surface area contributed by atoms with Crippen LogP contribution in [-0.4, -0.2) is 56.5 Å². The zero-order chi connectivity index (χ0) is 23.6. The molecule has 1 heterocycles. The molecule has 1 aliphatic heterocycles. The van der Waals surface area contributed by atoms with E-state index in [0.29, 0.717) is 37.4 Å². The summed E-state index contributed by atoms with van der Waals surface area (Å²) in [5, 5.41) is 2.58. The van der Waals surface area contributed by atoms with Crippen LogP contribution in [0.2, 0.25) is 0 Å². The van der Waals surface area contributed by atoms with E-state index in [2.05, 4.69) is 5.32 Å². The minimum absolute atomic E-state index is 0.0114. The number of aryl methyl sites for hydroxylation is 1. The lowest BCUT2D eigenvalue weighted by Crippen LogP contribution is -2.50. The van der Waals surface area contributed by atoms with Crippen molar-refractivity contribution in [3.8, 4) is 0 Å². The van der Waals surface area contributed by atoms with Gasteiger partial charge in [-0.1, -0.05) is 11.5 Å². The van der Waals surface area contributed by atoms with Crippen LogP contribution in [-0.2, 0) is 4.74 Å². The molecule has 3 rings (SSSR count). The number of carbonyl (C=O) groups excluding carboxylic acids is 2. The van der Waals surface area contributed by atoms with Gasteiger partial charge in [0.1, 0.15) is 25.1 Å². The third-order valence-electron chi connectivity index (χ3n) is 5.07. The van der Waals surface area contributed by atoms with Crippen LogP contribution in [0.1, 0.15) is 36.7 Å². The number of ether oxygens (including phenoxy) is 1. The first-order valence-electron chi connectivity index (χ1n) is 10.3. The summed E-state index contributed by atoms with van der Waals surface area (Å²) in [7, 11) is 5.52. The number of hydrogen-bond acceptors (Lipinski definition) is 4. The maximum atomic E-state index is 14.8. The van der Waals surface area contributed by atoms with Crippen molar-refractivity contribution < 1.29 is 23.1 Å². The maximum Gasteiger partial charge on any atom is 0.410 e.